The first-order valence-corrected chi connectivity index (χ1v) is 6.90. The van der Waals surface area contributed by atoms with E-state index in [4.69, 9.17) is 0 Å². The maximum atomic E-state index is 12.1. The van der Waals surface area contributed by atoms with Crippen LogP contribution in [0.15, 0.2) is 36.7 Å². The Morgan fingerprint density at radius 2 is 2.00 bits per heavy atom. The molecule has 2 N–H and O–H groups in total. The second-order valence-corrected chi connectivity index (χ2v) is 5.94. The molecule has 0 saturated carbocycles. The van der Waals surface area contributed by atoms with Crippen LogP contribution in [-0.4, -0.2) is 33.7 Å². The quantitative estimate of drug-likeness (QED) is 0.881. The van der Waals surface area contributed by atoms with Crippen molar-refractivity contribution in [2.45, 2.75) is 13.8 Å². The minimum absolute atomic E-state index is 0.0331. The molecule has 0 unspecified atom stereocenters. The van der Waals surface area contributed by atoms with E-state index in [2.05, 4.69) is 10.3 Å². The predicted octanol–water partition coefficient (Wildman–Crippen LogP) is 1.84. The van der Waals surface area contributed by atoms with Crippen LogP contribution in [-0.2, 0) is 7.05 Å². The second-order valence-electron chi connectivity index (χ2n) is 5.94. The largest absolute Gasteiger partial charge is 0.396 e. The lowest BCUT2D eigenvalue weighted by Crippen LogP contribution is -2.36. The summed E-state index contributed by atoms with van der Waals surface area (Å²) >= 11 is 0. The molecule has 1 amide bonds. The first-order valence-electron chi connectivity index (χ1n) is 6.90. The monoisotopic (exact) mass is 287 g/mol. The molecule has 1 aromatic carbocycles. The summed E-state index contributed by atoms with van der Waals surface area (Å²) in [6.45, 7) is 4.27. The summed E-state index contributed by atoms with van der Waals surface area (Å²) < 4.78 is 1.93. The van der Waals surface area contributed by atoms with Gasteiger partial charge in [0.15, 0.2) is 0 Å². The number of nitrogens with one attached hydrogen (secondary N) is 1. The molecule has 0 aliphatic rings. The van der Waals surface area contributed by atoms with E-state index in [9.17, 15) is 9.90 Å². The number of aromatic nitrogens is 2. The molecule has 1 aromatic heterocycles. The Bertz CT molecular complexity index is 615. The molecule has 112 valence electrons. The van der Waals surface area contributed by atoms with E-state index >= 15 is 0 Å². The maximum absolute atomic E-state index is 12.1. The standard InChI is InChI=1S/C16H21N3O2/c1-16(2,11-20)10-18-15(21)13-6-4-12(5-7-13)14-17-8-9-19(14)3/h4-9,20H,10-11H2,1-3H3,(H,18,21). The van der Waals surface area contributed by atoms with Crippen LogP contribution in [0.3, 0.4) is 0 Å². The molecule has 0 aliphatic carbocycles. The predicted molar refractivity (Wildman–Crippen MR) is 81.8 cm³/mol. The number of carbonyl (C=O) groups is 1. The summed E-state index contributed by atoms with van der Waals surface area (Å²) in [5, 5.41) is 12.0. The van der Waals surface area contributed by atoms with E-state index in [0.717, 1.165) is 11.4 Å². The Labute approximate surface area is 124 Å². The number of carbonyl (C=O) groups excluding carboxylic acids is 1. The topological polar surface area (TPSA) is 67.2 Å². The molecule has 0 saturated heterocycles. The van der Waals surface area contributed by atoms with E-state index in [0.29, 0.717) is 12.1 Å². The number of amides is 1. The van der Waals surface area contributed by atoms with Crippen molar-refractivity contribution < 1.29 is 9.90 Å². The summed E-state index contributed by atoms with van der Waals surface area (Å²) in [7, 11) is 1.93. The van der Waals surface area contributed by atoms with Crippen LogP contribution in [0.4, 0.5) is 0 Å². The van der Waals surface area contributed by atoms with Gasteiger partial charge in [-0.2, -0.15) is 0 Å². The van der Waals surface area contributed by atoms with Crippen molar-refractivity contribution in [2.24, 2.45) is 12.5 Å². The molecule has 5 nitrogen and oxygen atoms in total. The number of rotatable bonds is 5. The fourth-order valence-electron chi connectivity index (χ4n) is 1.89. The number of hydrogen-bond donors (Lipinski definition) is 2. The van der Waals surface area contributed by atoms with Gasteiger partial charge in [-0.1, -0.05) is 26.0 Å². The van der Waals surface area contributed by atoms with Gasteiger partial charge in [0.1, 0.15) is 5.82 Å². The van der Waals surface area contributed by atoms with Gasteiger partial charge in [-0.25, -0.2) is 4.98 Å². The first kappa shape index (κ1) is 15.3. The van der Waals surface area contributed by atoms with Crippen molar-refractivity contribution in [3.63, 3.8) is 0 Å². The molecule has 2 rings (SSSR count). The number of aryl methyl sites for hydroxylation is 1. The Balaban J connectivity index is 2.05. The Kier molecular flexibility index (Phi) is 4.43. The number of nitrogens with zero attached hydrogens (tertiary/aromatic N) is 2. The van der Waals surface area contributed by atoms with Crippen molar-refractivity contribution in [1.29, 1.82) is 0 Å². The highest BCUT2D eigenvalue weighted by Gasteiger charge is 2.18. The number of aliphatic hydroxyl groups excluding tert-OH is 1. The van der Waals surface area contributed by atoms with Crippen LogP contribution in [0.5, 0.6) is 0 Å². The Hall–Kier alpha value is -2.14. The molecule has 0 spiro atoms. The third-order valence-electron chi connectivity index (χ3n) is 3.38. The lowest BCUT2D eigenvalue weighted by atomic mass is 9.95. The highest BCUT2D eigenvalue weighted by Crippen LogP contribution is 2.17. The third-order valence-corrected chi connectivity index (χ3v) is 3.38. The van der Waals surface area contributed by atoms with Crippen LogP contribution >= 0.6 is 0 Å². The first-order chi connectivity index (χ1) is 9.93. The van der Waals surface area contributed by atoms with Crippen molar-refractivity contribution in [3.8, 4) is 11.4 Å². The lowest BCUT2D eigenvalue weighted by Gasteiger charge is -2.21. The van der Waals surface area contributed by atoms with Crippen molar-refractivity contribution in [1.82, 2.24) is 14.9 Å². The average molecular weight is 287 g/mol. The van der Waals surface area contributed by atoms with Gasteiger partial charge in [-0.15, -0.1) is 0 Å². The normalized spacial score (nSPS) is 11.4. The van der Waals surface area contributed by atoms with E-state index in [1.54, 1.807) is 18.3 Å². The zero-order chi connectivity index (χ0) is 15.5. The highest BCUT2D eigenvalue weighted by molar-refractivity contribution is 5.94. The van der Waals surface area contributed by atoms with Gasteiger partial charge in [-0.05, 0) is 12.1 Å². The van der Waals surface area contributed by atoms with Gasteiger partial charge < -0.3 is 15.0 Å². The van der Waals surface area contributed by atoms with E-state index in [-0.39, 0.29) is 17.9 Å². The van der Waals surface area contributed by atoms with E-state index in [1.165, 1.54) is 0 Å². The highest BCUT2D eigenvalue weighted by atomic mass is 16.3. The third kappa shape index (κ3) is 3.70. The van der Waals surface area contributed by atoms with Crippen molar-refractivity contribution in [2.75, 3.05) is 13.2 Å². The molecule has 0 aliphatic heterocycles. The summed E-state index contributed by atoms with van der Waals surface area (Å²) in [6.07, 6.45) is 3.62. The molecule has 21 heavy (non-hydrogen) atoms. The summed E-state index contributed by atoms with van der Waals surface area (Å²) in [5.74, 6) is 0.728. The van der Waals surface area contributed by atoms with E-state index in [1.807, 2.05) is 43.8 Å². The minimum Gasteiger partial charge on any atom is -0.396 e. The maximum Gasteiger partial charge on any atom is 0.251 e. The van der Waals surface area contributed by atoms with Crippen LogP contribution < -0.4 is 5.32 Å². The molecule has 5 heteroatoms. The molecular weight excluding hydrogens is 266 g/mol. The zero-order valence-corrected chi connectivity index (χ0v) is 12.6. The van der Waals surface area contributed by atoms with Gasteiger partial charge >= 0.3 is 0 Å². The van der Waals surface area contributed by atoms with Gasteiger partial charge in [0.2, 0.25) is 0 Å². The summed E-state index contributed by atoms with van der Waals surface area (Å²) in [5.41, 5.74) is 1.25. The Morgan fingerprint density at radius 1 is 1.33 bits per heavy atom. The molecule has 0 atom stereocenters. The van der Waals surface area contributed by atoms with Crippen LogP contribution in [0.2, 0.25) is 0 Å². The van der Waals surface area contributed by atoms with Crippen molar-refractivity contribution >= 4 is 5.91 Å². The summed E-state index contributed by atoms with van der Waals surface area (Å²) in [4.78, 5) is 16.3. The van der Waals surface area contributed by atoms with Gasteiger partial charge in [0.25, 0.3) is 5.91 Å². The molecule has 0 bridgehead atoms. The minimum atomic E-state index is -0.317. The molecule has 0 radical (unpaired) electrons. The number of imidazole rings is 1. The van der Waals surface area contributed by atoms with Gasteiger partial charge in [0.05, 0.1) is 0 Å². The average Bonchev–Trinajstić information content (AvgIpc) is 2.91. The van der Waals surface area contributed by atoms with Crippen LogP contribution in [0, 0.1) is 5.41 Å². The van der Waals surface area contributed by atoms with E-state index < -0.39 is 0 Å². The number of hydrogen-bond acceptors (Lipinski definition) is 3. The lowest BCUT2D eigenvalue weighted by molar-refractivity contribution is 0.0911. The molecule has 2 aromatic rings. The van der Waals surface area contributed by atoms with Gasteiger partial charge in [0, 0.05) is 49.1 Å². The number of benzene rings is 1. The van der Waals surface area contributed by atoms with Crippen LogP contribution in [0.25, 0.3) is 11.4 Å². The smallest absolute Gasteiger partial charge is 0.251 e. The number of aliphatic hydroxyl groups is 1. The van der Waals surface area contributed by atoms with Crippen LogP contribution in [0.1, 0.15) is 24.2 Å². The Morgan fingerprint density at radius 3 is 2.52 bits per heavy atom. The molecule has 1 heterocycles. The summed E-state index contributed by atoms with van der Waals surface area (Å²) in [6, 6.07) is 7.33. The second kappa shape index (κ2) is 6.10. The SMILES string of the molecule is Cn1ccnc1-c1ccc(C(=O)NCC(C)(C)CO)cc1. The molecular formula is C16H21N3O2. The van der Waals surface area contributed by atoms with Gasteiger partial charge in [-0.3, -0.25) is 4.79 Å². The molecule has 0 fully saturated rings. The fraction of sp³-hybridized carbons (Fsp3) is 0.375. The van der Waals surface area contributed by atoms with Crippen molar-refractivity contribution in [3.05, 3.63) is 42.2 Å². The fourth-order valence-corrected chi connectivity index (χ4v) is 1.89. The zero-order valence-electron chi connectivity index (χ0n) is 12.6.